The first-order valence-corrected chi connectivity index (χ1v) is 13.7. The van der Waals surface area contributed by atoms with Crippen molar-refractivity contribution in [3.8, 4) is 23.0 Å². The van der Waals surface area contributed by atoms with E-state index in [1.807, 2.05) is 55.5 Å². The zero-order chi connectivity index (χ0) is 29.9. The van der Waals surface area contributed by atoms with Crippen molar-refractivity contribution < 1.29 is 28.7 Å². The molecule has 0 fully saturated rings. The first-order chi connectivity index (χ1) is 20.4. The Hall–Kier alpha value is -4.90. The highest BCUT2D eigenvalue weighted by atomic mass is 79.9. The lowest BCUT2D eigenvalue weighted by atomic mass is 10.2. The molecule has 0 spiro atoms. The molecule has 0 atom stereocenters. The molecule has 0 radical (unpaired) electrons. The lowest BCUT2D eigenvalue weighted by Gasteiger charge is -2.16. The van der Waals surface area contributed by atoms with Gasteiger partial charge in [0, 0.05) is 17.7 Å². The van der Waals surface area contributed by atoms with Crippen LogP contribution in [0.25, 0.3) is 0 Å². The largest absolute Gasteiger partial charge is 0.493 e. The van der Waals surface area contributed by atoms with Crippen molar-refractivity contribution in [2.24, 2.45) is 5.10 Å². The van der Waals surface area contributed by atoms with Crippen LogP contribution < -0.4 is 24.4 Å². The van der Waals surface area contributed by atoms with E-state index in [9.17, 15) is 14.9 Å². The molecule has 10 nitrogen and oxygen atoms in total. The number of benzene rings is 4. The molecule has 0 aliphatic rings. The van der Waals surface area contributed by atoms with Crippen molar-refractivity contribution in [2.75, 3.05) is 13.7 Å². The first kappa shape index (κ1) is 30.1. The second-order valence-corrected chi connectivity index (χ2v) is 9.67. The average molecular weight is 634 g/mol. The molecule has 42 heavy (non-hydrogen) atoms. The van der Waals surface area contributed by atoms with Gasteiger partial charge in [-0.1, -0.05) is 42.5 Å². The number of methoxy groups -OCH3 is 1. The van der Waals surface area contributed by atoms with Crippen molar-refractivity contribution in [2.45, 2.75) is 20.1 Å². The molecular formula is C31H28BrN3O7. The summed E-state index contributed by atoms with van der Waals surface area (Å²) in [5.41, 5.74) is 4.85. The van der Waals surface area contributed by atoms with Crippen LogP contribution in [0, 0.1) is 10.1 Å². The van der Waals surface area contributed by atoms with Crippen LogP contribution in [0.1, 0.15) is 34.0 Å². The lowest BCUT2D eigenvalue weighted by molar-refractivity contribution is -0.384. The van der Waals surface area contributed by atoms with Crippen molar-refractivity contribution in [3.63, 3.8) is 0 Å². The summed E-state index contributed by atoms with van der Waals surface area (Å²) >= 11 is 3.52. The maximum absolute atomic E-state index is 12.3. The number of rotatable bonds is 13. The Morgan fingerprint density at radius 3 is 2.43 bits per heavy atom. The van der Waals surface area contributed by atoms with Crippen LogP contribution in [0.4, 0.5) is 5.69 Å². The van der Waals surface area contributed by atoms with E-state index >= 15 is 0 Å². The standard InChI is InChI=1S/C31H28BrN3O7/c1-3-40-28-15-22(12-13-27(28)41-19-21-8-5-4-6-9-21)20-42-30-26(32)14-23(16-29(30)39-2)18-33-34-31(36)24-10-7-11-25(17-24)35(37)38/h4-18H,3,19-20H2,1-2H3,(H,34,36)/b33-18+. The zero-order valence-electron chi connectivity index (χ0n) is 22.9. The molecule has 11 heteroatoms. The van der Waals surface area contributed by atoms with Crippen LogP contribution in [0.3, 0.4) is 0 Å². The van der Waals surface area contributed by atoms with Crippen molar-refractivity contribution >= 4 is 33.7 Å². The molecule has 4 aromatic rings. The van der Waals surface area contributed by atoms with E-state index in [1.54, 1.807) is 12.1 Å². The maximum atomic E-state index is 12.3. The summed E-state index contributed by atoms with van der Waals surface area (Å²) in [4.78, 5) is 22.7. The van der Waals surface area contributed by atoms with Gasteiger partial charge in [-0.3, -0.25) is 14.9 Å². The highest BCUT2D eigenvalue weighted by Crippen LogP contribution is 2.37. The van der Waals surface area contributed by atoms with Gasteiger partial charge in [-0.05, 0) is 69.9 Å². The molecule has 0 heterocycles. The van der Waals surface area contributed by atoms with Gasteiger partial charge in [-0.2, -0.15) is 5.10 Å². The Labute approximate surface area is 251 Å². The normalized spacial score (nSPS) is 10.7. The van der Waals surface area contributed by atoms with E-state index in [1.165, 1.54) is 37.6 Å². The van der Waals surface area contributed by atoms with Crippen LogP contribution in [0.2, 0.25) is 0 Å². The predicted octanol–water partition coefficient (Wildman–Crippen LogP) is 6.69. The SMILES string of the molecule is CCOc1cc(COc2c(Br)cc(/C=N/NC(=O)c3cccc([N+](=O)[O-])c3)cc2OC)ccc1OCc1ccccc1. The Morgan fingerprint density at radius 1 is 0.905 bits per heavy atom. The van der Waals surface area contributed by atoms with E-state index < -0.39 is 10.8 Å². The first-order valence-electron chi connectivity index (χ1n) is 12.9. The zero-order valence-corrected chi connectivity index (χ0v) is 24.5. The van der Waals surface area contributed by atoms with Gasteiger partial charge >= 0.3 is 0 Å². The summed E-state index contributed by atoms with van der Waals surface area (Å²) in [6.07, 6.45) is 1.43. The fourth-order valence-electron chi connectivity index (χ4n) is 3.87. The Kier molecular flexibility index (Phi) is 10.5. The number of nitrogens with one attached hydrogen (secondary N) is 1. The van der Waals surface area contributed by atoms with Crippen molar-refractivity contribution in [1.29, 1.82) is 0 Å². The minimum absolute atomic E-state index is 0.118. The van der Waals surface area contributed by atoms with Gasteiger partial charge in [0.25, 0.3) is 11.6 Å². The second-order valence-electron chi connectivity index (χ2n) is 8.82. The fraction of sp³-hybridized carbons (Fsp3) is 0.161. The molecule has 0 aliphatic heterocycles. The lowest BCUT2D eigenvalue weighted by Crippen LogP contribution is -2.17. The Bertz CT molecular complexity index is 1580. The number of nitrogens with zero attached hydrogens (tertiary/aromatic N) is 2. The van der Waals surface area contributed by atoms with Gasteiger partial charge in [-0.15, -0.1) is 0 Å². The molecule has 1 N–H and O–H groups in total. The van der Waals surface area contributed by atoms with E-state index in [0.717, 1.165) is 11.1 Å². The maximum Gasteiger partial charge on any atom is 0.271 e. The number of amides is 1. The number of nitro benzene ring substituents is 1. The summed E-state index contributed by atoms with van der Waals surface area (Å²) in [6.45, 7) is 3.06. The third-order valence-corrected chi connectivity index (χ3v) is 6.47. The minimum atomic E-state index is -0.580. The van der Waals surface area contributed by atoms with Crippen LogP contribution in [-0.4, -0.2) is 30.8 Å². The quantitative estimate of drug-likeness (QED) is 0.0989. The van der Waals surface area contributed by atoms with E-state index in [-0.39, 0.29) is 17.9 Å². The van der Waals surface area contributed by atoms with E-state index in [2.05, 4.69) is 26.5 Å². The third kappa shape index (κ3) is 8.07. The molecule has 0 unspecified atom stereocenters. The molecule has 0 aliphatic carbocycles. The van der Waals surface area contributed by atoms with E-state index in [0.29, 0.717) is 46.2 Å². The number of hydrogen-bond donors (Lipinski definition) is 1. The average Bonchev–Trinajstić information content (AvgIpc) is 3.00. The van der Waals surface area contributed by atoms with Crippen molar-refractivity contribution in [3.05, 3.63) is 122 Å². The van der Waals surface area contributed by atoms with Crippen LogP contribution >= 0.6 is 15.9 Å². The van der Waals surface area contributed by atoms with Gasteiger partial charge in [0.1, 0.15) is 13.2 Å². The van der Waals surface area contributed by atoms with Crippen LogP contribution in [0.5, 0.6) is 23.0 Å². The smallest absolute Gasteiger partial charge is 0.271 e. The monoisotopic (exact) mass is 633 g/mol. The van der Waals surface area contributed by atoms with E-state index in [4.69, 9.17) is 18.9 Å². The topological polar surface area (TPSA) is 122 Å². The molecule has 216 valence electrons. The number of hydrazone groups is 1. The van der Waals surface area contributed by atoms with Gasteiger partial charge in [0.05, 0.1) is 29.3 Å². The summed E-state index contributed by atoms with van der Waals surface area (Å²) in [5.74, 6) is 1.62. The van der Waals surface area contributed by atoms with Gasteiger partial charge in [0.15, 0.2) is 23.0 Å². The number of hydrogen-bond acceptors (Lipinski definition) is 8. The molecule has 0 saturated heterocycles. The number of ether oxygens (including phenoxy) is 4. The minimum Gasteiger partial charge on any atom is -0.493 e. The predicted molar refractivity (Wildman–Crippen MR) is 162 cm³/mol. The molecule has 1 amide bonds. The molecule has 4 rings (SSSR count). The number of halogens is 1. The summed E-state index contributed by atoms with van der Waals surface area (Å²) in [7, 11) is 1.52. The van der Waals surface area contributed by atoms with Crippen LogP contribution in [0.15, 0.2) is 94.5 Å². The van der Waals surface area contributed by atoms with Crippen molar-refractivity contribution in [1.82, 2.24) is 5.43 Å². The molecule has 4 aromatic carbocycles. The number of carbonyl (C=O) groups excluding carboxylic acids is 1. The van der Waals surface area contributed by atoms with Gasteiger partial charge in [-0.25, -0.2) is 5.43 Å². The second kappa shape index (κ2) is 14.6. The summed E-state index contributed by atoms with van der Waals surface area (Å²) < 4.78 is 24.0. The fourth-order valence-corrected chi connectivity index (χ4v) is 4.44. The Morgan fingerprint density at radius 2 is 1.69 bits per heavy atom. The van der Waals surface area contributed by atoms with Crippen LogP contribution in [-0.2, 0) is 13.2 Å². The number of nitro groups is 1. The molecular weight excluding hydrogens is 606 g/mol. The highest BCUT2D eigenvalue weighted by molar-refractivity contribution is 9.10. The summed E-state index contributed by atoms with van der Waals surface area (Å²) in [6, 6.07) is 24.4. The van der Waals surface area contributed by atoms with Gasteiger partial charge in [0.2, 0.25) is 0 Å². The number of non-ortho nitro benzene ring substituents is 1. The number of carbonyl (C=O) groups is 1. The Balaban J connectivity index is 1.41. The third-order valence-electron chi connectivity index (χ3n) is 5.88. The highest BCUT2D eigenvalue weighted by Gasteiger charge is 2.14. The molecule has 0 bridgehead atoms. The molecule has 0 saturated carbocycles. The molecule has 0 aromatic heterocycles. The summed E-state index contributed by atoms with van der Waals surface area (Å²) in [5, 5.41) is 14.9. The van der Waals surface area contributed by atoms with Gasteiger partial charge < -0.3 is 18.9 Å².